The fourth-order valence-corrected chi connectivity index (χ4v) is 3.00. The van der Waals surface area contributed by atoms with Gasteiger partial charge in [0.1, 0.15) is 6.04 Å². The van der Waals surface area contributed by atoms with Gasteiger partial charge in [0.25, 0.3) is 0 Å². The molecule has 1 aromatic rings. The van der Waals surface area contributed by atoms with Crippen LogP contribution in [0.25, 0.3) is 0 Å². The molecule has 1 aliphatic heterocycles. The van der Waals surface area contributed by atoms with Gasteiger partial charge >= 0.3 is 0 Å². The van der Waals surface area contributed by atoms with Gasteiger partial charge in [0, 0.05) is 38.7 Å². The van der Waals surface area contributed by atoms with E-state index in [0.29, 0.717) is 45.2 Å². The van der Waals surface area contributed by atoms with Crippen molar-refractivity contribution in [2.45, 2.75) is 44.4 Å². The highest BCUT2D eigenvalue weighted by molar-refractivity contribution is 5.88. The summed E-state index contributed by atoms with van der Waals surface area (Å²) in [6, 6.07) is 9.93. The molecule has 6 nitrogen and oxygen atoms in total. The van der Waals surface area contributed by atoms with E-state index in [0.717, 1.165) is 24.9 Å². The van der Waals surface area contributed by atoms with Gasteiger partial charge in [-0.05, 0) is 24.8 Å². The van der Waals surface area contributed by atoms with Gasteiger partial charge in [-0.15, -0.1) is 0 Å². The van der Waals surface area contributed by atoms with E-state index >= 15 is 0 Å². The van der Waals surface area contributed by atoms with E-state index in [1.165, 1.54) is 0 Å². The third kappa shape index (κ3) is 5.54. The number of carbonyl (C=O) groups is 2. The lowest BCUT2D eigenvalue weighted by molar-refractivity contribution is -0.141. The van der Waals surface area contributed by atoms with Crippen LogP contribution in [0.3, 0.4) is 0 Å². The minimum atomic E-state index is -0.382. The van der Waals surface area contributed by atoms with Gasteiger partial charge in [0.05, 0.1) is 6.61 Å². The highest BCUT2D eigenvalue weighted by Gasteiger charge is 2.34. The second-order valence-electron chi connectivity index (χ2n) is 6.73. The molecule has 25 heavy (non-hydrogen) atoms. The van der Waals surface area contributed by atoms with Crippen molar-refractivity contribution in [1.29, 1.82) is 0 Å². The number of piperazine rings is 1. The summed E-state index contributed by atoms with van der Waals surface area (Å²) in [5.41, 5.74) is 1.13. The summed E-state index contributed by atoms with van der Waals surface area (Å²) in [4.78, 5) is 26.6. The fraction of sp³-hybridized carbons (Fsp3) is 0.579. The van der Waals surface area contributed by atoms with Gasteiger partial charge in [-0.2, -0.15) is 0 Å². The van der Waals surface area contributed by atoms with Crippen LogP contribution < -0.4 is 10.6 Å². The molecule has 3 rings (SSSR count). The van der Waals surface area contributed by atoms with Crippen LogP contribution in [0.15, 0.2) is 30.3 Å². The van der Waals surface area contributed by atoms with Crippen LogP contribution in [0.2, 0.25) is 0 Å². The van der Waals surface area contributed by atoms with E-state index in [1.807, 2.05) is 30.3 Å². The number of hydrogen-bond donors (Lipinski definition) is 2. The summed E-state index contributed by atoms with van der Waals surface area (Å²) in [6.07, 6.45) is 3.20. The van der Waals surface area contributed by atoms with Gasteiger partial charge in [-0.1, -0.05) is 30.3 Å². The summed E-state index contributed by atoms with van der Waals surface area (Å²) in [5, 5.41) is 6.21. The summed E-state index contributed by atoms with van der Waals surface area (Å²) < 4.78 is 5.63. The third-order valence-electron chi connectivity index (χ3n) is 4.58. The molecule has 136 valence electrons. The van der Waals surface area contributed by atoms with Crippen LogP contribution in [0.1, 0.15) is 31.2 Å². The van der Waals surface area contributed by atoms with E-state index < -0.39 is 0 Å². The molecule has 1 saturated carbocycles. The number of ether oxygens (including phenoxy) is 1. The predicted molar refractivity (Wildman–Crippen MR) is 94.9 cm³/mol. The Morgan fingerprint density at radius 1 is 1.24 bits per heavy atom. The van der Waals surface area contributed by atoms with Gasteiger partial charge in [-0.25, -0.2) is 0 Å². The van der Waals surface area contributed by atoms with Crippen molar-refractivity contribution < 1.29 is 14.3 Å². The smallest absolute Gasteiger partial charge is 0.244 e. The van der Waals surface area contributed by atoms with Crippen molar-refractivity contribution in [2.24, 2.45) is 0 Å². The molecule has 1 aliphatic carbocycles. The Kier molecular flexibility index (Phi) is 6.42. The van der Waals surface area contributed by atoms with Crippen molar-refractivity contribution in [1.82, 2.24) is 15.5 Å². The molecular formula is C19H27N3O3. The average molecular weight is 345 g/mol. The minimum absolute atomic E-state index is 0.0247. The Balaban J connectivity index is 1.38. The first-order valence-corrected chi connectivity index (χ1v) is 9.16. The lowest BCUT2D eigenvalue weighted by Gasteiger charge is -2.35. The second kappa shape index (κ2) is 8.97. The van der Waals surface area contributed by atoms with Crippen LogP contribution in [0.4, 0.5) is 0 Å². The number of rotatable bonds is 8. The highest BCUT2D eigenvalue weighted by atomic mass is 16.5. The molecule has 2 fully saturated rings. The van der Waals surface area contributed by atoms with Crippen LogP contribution in [0.5, 0.6) is 0 Å². The Hall–Kier alpha value is -1.92. The van der Waals surface area contributed by atoms with Crippen LogP contribution in [0, 0.1) is 0 Å². The lowest BCUT2D eigenvalue weighted by atomic mass is 10.1. The maximum Gasteiger partial charge on any atom is 0.244 e. The van der Waals surface area contributed by atoms with Gasteiger partial charge < -0.3 is 20.3 Å². The minimum Gasteiger partial charge on any atom is -0.377 e. The number of benzene rings is 1. The first kappa shape index (κ1) is 17.9. The summed E-state index contributed by atoms with van der Waals surface area (Å²) in [5.74, 6) is 0.0177. The zero-order chi connectivity index (χ0) is 17.5. The van der Waals surface area contributed by atoms with Crippen molar-refractivity contribution in [3.63, 3.8) is 0 Å². The highest BCUT2D eigenvalue weighted by Crippen LogP contribution is 2.19. The number of amides is 2. The van der Waals surface area contributed by atoms with Crippen molar-refractivity contribution >= 4 is 11.8 Å². The molecule has 6 heteroatoms. The third-order valence-corrected chi connectivity index (χ3v) is 4.58. The zero-order valence-corrected chi connectivity index (χ0v) is 14.6. The largest absolute Gasteiger partial charge is 0.377 e. The molecule has 2 amide bonds. The molecule has 0 radical (unpaired) electrons. The maximum absolute atomic E-state index is 12.5. The molecule has 0 aromatic heterocycles. The van der Waals surface area contributed by atoms with Crippen LogP contribution >= 0.6 is 0 Å². The van der Waals surface area contributed by atoms with Crippen molar-refractivity contribution in [2.75, 3.05) is 26.2 Å². The van der Waals surface area contributed by atoms with Gasteiger partial charge in [0.2, 0.25) is 11.8 Å². The Morgan fingerprint density at radius 3 is 2.80 bits per heavy atom. The monoisotopic (exact) mass is 345 g/mol. The topological polar surface area (TPSA) is 70.7 Å². The molecule has 1 aromatic carbocycles. The van der Waals surface area contributed by atoms with Gasteiger partial charge in [0.15, 0.2) is 0 Å². The molecule has 1 saturated heterocycles. The van der Waals surface area contributed by atoms with E-state index in [-0.39, 0.29) is 17.9 Å². The van der Waals surface area contributed by atoms with E-state index in [2.05, 4.69) is 10.6 Å². The Bertz CT molecular complexity index is 575. The maximum atomic E-state index is 12.5. The summed E-state index contributed by atoms with van der Waals surface area (Å²) >= 11 is 0. The quantitative estimate of drug-likeness (QED) is 0.691. The molecule has 1 heterocycles. The van der Waals surface area contributed by atoms with E-state index in [1.54, 1.807) is 4.90 Å². The zero-order valence-electron chi connectivity index (χ0n) is 14.6. The molecule has 0 bridgehead atoms. The first-order valence-electron chi connectivity index (χ1n) is 9.16. The molecule has 2 N–H and O–H groups in total. The number of nitrogens with zero attached hydrogens (tertiary/aromatic N) is 1. The standard InChI is InChI=1S/C19H27N3O3/c23-18(7-4-12-25-14-15-5-2-1-3-6-15)22-11-10-20-13-17(22)19(24)21-16-8-9-16/h1-3,5-6,16-17,20H,4,7-14H2,(H,21,24)/t17-/m1/s1. The Labute approximate surface area is 148 Å². The molecule has 0 spiro atoms. The molecule has 2 aliphatic rings. The number of hydrogen-bond acceptors (Lipinski definition) is 4. The normalized spacial score (nSPS) is 20.3. The van der Waals surface area contributed by atoms with E-state index in [4.69, 9.17) is 4.74 Å². The molecule has 1 atom stereocenters. The SMILES string of the molecule is O=C(NC1CC1)[C@H]1CNCCN1C(=O)CCCOCc1ccccc1. The fourth-order valence-electron chi connectivity index (χ4n) is 3.00. The average Bonchev–Trinajstić information content (AvgIpc) is 3.46. The summed E-state index contributed by atoms with van der Waals surface area (Å²) in [6.45, 7) is 2.98. The van der Waals surface area contributed by atoms with Crippen LogP contribution in [-0.4, -0.2) is 55.0 Å². The first-order chi connectivity index (χ1) is 12.2. The predicted octanol–water partition coefficient (Wildman–Crippen LogP) is 1.06. The van der Waals surface area contributed by atoms with Crippen molar-refractivity contribution in [3.05, 3.63) is 35.9 Å². The number of nitrogens with one attached hydrogen (secondary N) is 2. The van der Waals surface area contributed by atoms with Crippen molar-refractivity contribution in [3.8, 4) is 0 Å². The Morgan fingerprint density at radius 2 is 2.04 bits per heavy atom. The lowest BCUT2D eigenvalue weighted by Crippen LogP contribution is -2.59. The number of carbonyl (C=O) groups excluding carboxylic acids is 2. The van der Waals surface area contributed by atoms with Gasteiger partial charge in [-0.3, -0.25) is 9.59 Å². The summed E-state index contributed by atoms with van der Waals surface area (Å²) in [7, 11) is 0. The molecular weight excluding hydrogens is 318 g/mol. The molecule has 0 unspecified atom stereocenters. The van der Waals surface area contributed by atoms with Crippen LogP contribution in [-0.2, 0) is 20.9 Å². The second-order valence-corrected chi connectivity index (χ2v) is 6.73. The van der Waals surface area contributed by atoms with E-state index in [9.17, 15) is 9.59 Å².